The summed E-state index contributed by atoms with van der Waals surface area (Å²) in [5, 5.41) is 2.74. The van der Waals surface area contributed by atoms with E-state index in [1.807, 2.05) is 0 Å². The van der Waals surface area contributed by atoms with Gasteiger partial charge in [0.15, 0.2) is 10.9 Å². The lowest BCUT2D eigenvalue weighted by Gasteiger charge is -2.04. The molecule has 1 heterocycles. The summed E-state index contributed by atoms with van der Waals surface area (Å²) in [5.41, 5.74) is -1.31. The van der Waals surface area contributed by atoms with E-state index in [1.54, 1.807) is 0 Å². The maximum absolute atomic E-state index is 12.4. The monoisotopic (exact) mass is 242 g/mol. The van der Waals surface area contributed by atoms with E-state index in [4.69, 9.17) is 11.6 Å². The van der Waals surface area contributed by atoms with Gasteiger partial charge in [-0.3, -0.25) is 9.48 Å². The first-order chi connectivity index (χ1) is 6.73. The largest absolute Gasteiger partial charge is 0.438 e. The third-order valence-corrected chi connectivity index (χ3v) is 1.87. The summed E-state index contributed by atoms with van der Waals surface area (Å²) in [6.07, 6.45) is -4.71. The van der Waals surface area contributed by atoms with Crippen molar-refractivity contribution in [1.82, 2.24) is 9.78 Å². The average Bonchev–Trinajstić information content (AvgIpc) is 2.30. The van der Waals surface area contributed by atoms with E-state index in [-0.39, 0.29) is 5.15 Å². The van der Waals surface area contributed by atoms with E-state index < -0.39 is 23.6 Å². The zero-order chi connectivity index (χ0) is 11.8. The number of halogens is 4. The number of carbonyl (C=O) groups excluding carboxylic acids is 1. The minimum absolute atomic E-state index is 0.377. The van der Waals surface area contributed by atoms with Crippen molar-refractivity contribution in [2.45, 2.75) is 13.1 Å². The Morgan fingerprint density at radius 2 is 2.07 bits per heavy atom. The average molecular weight is 243 g/mol. The highest BCUT2D eigenvalue weighted by molar-refractivity contribution is 6.31. The topological polar surface area (TPSA) is 44.1 Å². The van der Waals surface area contributed by atoms with Crippen LogP contribution in [0.15, 0.2) is 0 Å². The second kappa shape index (κ2) is 3.73. The molecule has 0 amide bonds. The number of nitrogens with zero attached hydrogens (tertiary/aromatic N) is 2. The van der Waals surface area contributed by atoms with Crippen LogP contribution in [0.3, 0.4) is 0 Å². The zero-order valence-corrected chi connectivity index (χ0v) is 8.48. The van der Waals surface area contributed by atoms with Crippen molar-refractivity contribution in [3.8, 4) is 5.75 Å². The van der Waals surface area contributed by atoms with Gasteiger partial charge in [0.05, 0.1) is 0 Å². The molecule has 0 saturated carbocycles. The summed E-state index contributed by atoms with van der Waals surface area (Å²) < 4.78 is 42.2. The fourth-order valence-electron chi connectivity index (χ4n) is 0.904. The lowest BCUT2D eigenvalue weighted by Crippen LogP contribution is -2.11. The maximum atomic E-state index is 12.4. The first-order valence-corrected chi connectivity index (χ1v) is 4.09. The van der Waals surface area contributed by atoms with Crippen molar-refractivity contribution in [2.75, 3.05) is 0 Å². The quantitative estimate of drug-likeness (QED) is 0.708. The second-order valence-electron chi connectivity index (χ2n) is 2.68. The Hall–Kier alpha value is -1.24. The Labute approximate surface area is 87.6 Å². The van der Waals surface area contributed by atoms with Gasteiger partial charge < -0.3 is 4.74 Å². The van der Waals surface area contributed by atoms with E-state index in [0.29, 0.717) is 0 Å². The molecule has 4 nitrogen and oxygen atoms in total. The van der Waals surface area contributed by atoms with Crippen molar-refractivity contribution >= 4 is 17.6 Å². The van der Waals surface area contributed by atoms with E-state index >= 15 is 0 Å². The number of esters is 1. The number of aromatic nitrogens is 2. The molecular formula is C7H6ClF3N2O2. The molecule has 1 aromatic rings. The van der Waals surface area contributed by atoms with Crippen LogP contribution in [0.25, 0.3) is 0 Å². The van der Waals surface area contributed by atoms with Crippen LogP contribution in [-0.4, -0.2) is 15.7 Å². The first-order valence-electron chi connectivity index (χ1n) is 3.71. The molecule has 0 unspecified atom stereocenters. The van der Waals surface area contributed by atoms with Gasteiger partial charge >= 0.3 is 12.1 Å². The summed E-state index contributed by atoms with van der Waals surface area (Å²) in [6, 6.07) is 0. The predicted molar refractivity (Wildman–Crippen MR) is 44.5 cm³/mol. The Kier molecular flexibility index (Phi) is 2.94. The minimum atomic E-state index is -4.71. The van der Waals surface area contributed by atoms with Crippen LogP contribution in [0.1, 0.15) is 12.6 Å². The molecule has 0 N–H and O–H groups in total. The van der Waals surface area contributed by atoms with Crippen LogP contribution in [0, 0.1) is 0 Å². The normalized spacial score (nSPS) is 11.6. The molecule has 0 bridgehead atoms. The van der Waals surface area contributed by atoms with Gasteiger partial charge in [0.1, 0.15) is 0 Å². The van der Waals surface area contributed by atoms with Crippen molar-refractivity contribution in [1.29, 1.82) is 0 Å². The van der Waals surface area contributed by atoms with E-state index in [9.17, 15) is 18.0 Å². The summed E-state index contributed by atoms with van der Waals surface area (Å²) in [4.78, 5) is 10.6. The van der Waals surface area contributed by atoms with Crippen LogP contribution in [-0.2, 0) is 18.0 Å². The van der Waals surface area contributed by atoms with Crippen molar-refractivity contribution in [2.24, 2.45) is 7.05 Å². The Balaban J connectivity index is 3.27. The molecule has 0 radical (unpaired) electrons. The molecule has 0 saturated heterocycles. The number of carbonyl (C=O) groups is 1. The zero-order valence-electron chi connectivity index (χ0n) is 7.72. The third kappa shape index (κ3) is 2.41. The number of rotatable bonds is 1. The van der Waals surface area contributed by atoms with Gasteiger partial charge in [-0.15, -0.1) is 0 Å². The molecule has 1 aromatic heterocycles. The highest BCUT2D eigenvalue weighted by Crippen LogP contribution is 2.39. The number of alkyl halides is 3. The molecule has 0 aliphatic carbocycles. The number of ether oxygens (including phenoxy) is 1. The molecule has 0 spiro atoms. The Bertz CT molecular complexity index is 400. The number of hydrogen-bond donors (Lipinski definition) is 0. The van der Waals surface area contributed by atoms with Gasteiger partial charge in [0.25, 0.3) is 0 Å². The van der Waals surface area contributed by atoms with Crippen molar-refractivity contribution in [3.63, 3.8) is 0 Å². The molecule has 0 aromatic carbocycles. The standard InChI is InChI=1S/C7H6ClF3N2O2/c1-3(14)15-4-5(7(9,10)11)12-13(2)6(4)8/h1-2H3. The molecule has 0 atom stereocenters. The molecular weight excluding hydrogens is 237 g/mol. The van der Waals surface area contributed by atoms with Crippen molar-refractivity contribution < 1.29 is 22.7 Å². The second-order valence-corrected chi connectivity index (χ2v) is 3.04. The molecule has 84 valence electrons. The van der Waals surface area contributed by atoms with Gasteiger partial charge in [-0.1, -0.05) is 11.6 Å². The third-order valence-electron chi connectivity index (χ3n) is 1.45. The van der Waals surface area contributed by atoms with Crippen LogP contribution < -0.4 is 4.74 Å². The molecule has 15 heavy (non-hydrogen) atoms. The number of aryl methyl sites for hydroxylation is 1. The Morgan fingerprint density at radius 1 is 1.53 bits per heavy atom. The number of hydrogen-bond acceptors (Lipinski definition) is 3. The van der Waals surface area contributed by atoms with E-state index in [2.05, 4.69) is 9.84 Å². The SMILES string of the molecule is CC(=O)Oc1c(C(F)(F)F)nn(C)c1Cl. The molecule has 0 aliphatic heterocycles. The highest BCUT2D eigenvalue weighted by Gasteiger charge is 2.40. The fraction of sp³-hybridized carbons (Fsp3) is 0.429. The smallest absolute Gasteiger partial charge is 0.421 e. The highest BCUT2D eigenvalue weighted by atomic mass is 35.5. The first kappa shape index (κ1) is 11.8. The fourth-order valence-corrected chi connectivity index (χ4v) is 1.07. The van der Waals surface area contributed by atoms with E-state index in [0.717, 1.165) is 11.6 Å². The molecule has 0 aliphatic rings. The lowest BCUT2D eigenvalue weighted by atomic mass is 10.4. The predicted octanol–water partition coefficient (Wildman–Crippen LogP) is 2.02. The van der Waals surface area contributed by atoms with Crippen LogP contribution in [0.4, 0.5) is 13.2 Å². The molecule has 1 rings (SSSR count). The molecule has 8 heteroatoms. The van der Waals surface area contributed by atoms with Gasteiger partial charge in [0, 0.05) is 14.0 Å². The Morgan fingerprint density at radius 3 is 2.47 bits per heavy atom. The van der Waals surface area contributed by atoms with Crippen molar-refractivity contribution in [3.05, 3.63) is 10.8 Å². The molecule has 0 fully saturated rings. The van der Waals surface area contributed by atoms with Crippen LogP contribution >= 0.6 is 11.6 Å². The maximum Gasteiger partial charge on any atom is 0.438 e. The van der Waals surface area contributed by atoms with E-state index in [1.165, 1.54) is 7.05 Å². The van der Waals surface area contributed by atoms with Gasteiger partial charge in [-0.05, 0) is 0 Å². The summed E-state index contributed by atoms with van der Waals surface area (Å²) in [5.74, 6) is -1.66. The minimum Gasteiger partial charge on any atom is -0.421 e. The summed E-state index contributed by atoms with van der Waals surface area (Å²) in [6.45, 7) is 0.976. The summed E-state index contributed by atoms with van der Waals surface area (Å²) >= 11 is 5.49. The van der Waals surface area contributed by atoms with Crippen LogP contribution in [0.2, 0.25) is 5.15 Å². The van der Waals surface area contributed by atoms with Gasteiger partial charge in [0.2, 0.25) is 5.69 Å². The van der Waals surface area contributed by atoms with Gasteiger partial charge in [-0.25, -0.2) is 0 Å². The lowest BCUT2D eigenvalue weighted by molar-refractivity contribution is -0.144. The van der Waals surface area contributed by atoms with Gasteiger partial charge in [-0.2, -0.15) is 18.3 Å². The van der Waals surface area contributed by atoms with Crippen LogP contribution in [0.5, 0.6) is 5.75 Å². The summed E-state index contributed by atoms with van der Waals surface area (Å²) in [7, 11) is 1.21.